The van der Waals surface area contributed by atoms with Crippen molar-refractivity contribution in [2.24, 2.45) is 5.92 Å². The number of hydrogen-bond donors (Lipinski definition) is 0. The maximum absolute atomic E-state index is 2.34. The molecule has 0 aliphatic carbocycles. The molecular weight excluding hydrogens is 180 g/mol. The lowest BCUT2D eigenvalue weighted by atomic mass is 9.97. The third kappa shape index (κ3) is 2.38. The molecule has 2 aromatic rings. The van der Waals surface area contributed by atoms with Crippen molar-refractivity contribution in [1.29, 1.82) is 0 Å². The van der Waals surface area contributed by atoms with Crippen LogP contribution >= 0.6 is 0 Å². The van der Waals surface area contributed by atoms with Crippen LogP contribution in [-0.2, 0) is 0 Å². The van der Waals surface area contributed by atoms with E-state index in [-0.39, 0.29) is 0 Å². The molecule has 0 aromatic heterocycles. The minimum absolute atomic E-state index is 0.726. The van der Waals surface area contributed by atoms with Gasteiger partial charge in [0.05, 0.1) is 0 Å². The molecule has 0 N–H and O–H groups in total. The molecule has 0 unspecified atom stereocenters. The Bertz CT molecular complexity index is 435. The maximum Gasteiger partial charge on any atom is -0.00842 e. The van der Waals surface area contributed by atoms with Gasteiger partial charge in [0.2, 0.25) is 0 Å². The first-order valence-electron chi connectivity index (χ1n) is 5.58. The van der Waals surface area contributed by atoms with Crippen LogP contribution in [0.3, 0.4) is 0 Å². The SMILES string of the molecule is CC(C)C[CH]c1cccc2ccccc12. The standard InChI is InChI=1S/C15H17/c1-12(2)10-11-14-8-5-7-13-6-3-4-9-15(13)14/h3-9,11-12H,10H2,1-2H3. The highest BCUT2D eigenvalue weighted by atomic mass is 14.1. The fourth-order valence-corrected chi connectivity index (χ4v) is 1.79. The smallest absolute Gasteiger partial charge is 0.00842 e. The Balaban J connectivity index is 2.34. The number of hydrogen-bond acceptors (Lipinski definition) is 0. The molecular formula is C15H17. The summed E-state index contributed by atoms with van der Waals surface area (Å²) in [7, 11) is 0. The van der Waals surface area contributed by atoms with Gasteiger partial charge in [-0.1, -0.05) is 56.3 Å². The van der Waals surface area contributed by atoms with Crippen molar-refractivity contribution >= 4 is 10.8 Å². The molecule has 0 atom stereocenters. The molecule has 0 aliphatic heterocycles. The van der Waals surface area contributed by atoms with E-state index < -0.39 is 0 Å². The molecule has 1 radical (unpaired) electrons. The second-order valence-electron chi connectivity index (χ2n) is 4.40. The zero-order chi connectivity index (χ0) is 10.7. The van der Waals surface area contributed by atoms with Gasteiger partial charge in [-0.05, 0) is 35.1 Å². The highest BCUT2D eigenvalue weighted by Crippen LogP contribution is 2.21. The van der Waals surface area contributed by atoms with E-state index in [1.54, 1.807) is 0 Å². The average molecular weight is 197 g/mol. The minimum Gasteiger partial charge on any atom is -0.0628 e. The van der Waals surface area contributed by atoms with Crippen molar-refractivity contribution in [2.45, 2.75) is 20.3 Å². The molecule has 0 amide bonds. The molecule has 0 aliphatic rings. The third-order valence-corrected chi connectivity index (χ3v) is 2.63. The van der Waals surface area contributed by atoms with Gasteiger partial charge in [0.15, 0.2) is 0 Å². The van der Waals surface area contributed by atoms with Crippen molar-refractivity contribution < 1.29 is 0 Å². The van der Waals surface area contributed by atoms with E-state index in [1.807, 2.05) is 0 Å². The Morgan fingerprint density at radius 2 is 1.73 bits per heavy atom. The molecule has 0 heterocycles. The van der Waals surface area contributed by atoms with Crippen LogP contribution in [0.15, 0.2) is 42.5 Å². The molecule has 0 saturated heterocycles. The monoisotopic (exact) mass is 197 g/mol. The van der Waals surface area contributed by atoms with Crippen molar-refractivity contribution in [1.82, 2.24) is 0 Å². The Hall–Kier alpha value is -1.30. The first kappa shape index (κ1) is 10.2. The highest BCUT2D eigenvalue weighted by Gasteiger charge is 2.01. The maximum atomic E-state index is 2.34. The van der Waals surface area contributed by atoms with Gasteiger partial charge in [-0.25, -0.2) is 0 Å². The van der Waals surface area contributed by atoms with Gasteiger partial charge >= 0.3 is 0 Å². The molecule has 2 aromatic carbocycles. The third-order valence-electron chi connectivity index (χ3n) is 2.63. The summed E-state index contributed by atoms with van der Waals surface area (Å²) in [5.41, 5.74) is 1.36. The zero-order valence-electron chi connectivity index (χ0n) is 9.40. The van der Waals surface area contributed by atoms with Crippen LogP contribution in [0.25, 0.3) is 10.8 Å². The van der Waals surface area contributed by atoms with Crippen molar-refractivity contribution in [3.8, 4) is 0 Å². The normalized spacial score (nSPS) is 11.1. The fourth-order valence-electron chi connectivity index (χ4n) is 1.79. The van der Waals surface area contributed by atoms with Gasteiger partial charge in [0.1, 0.15) is 0 Å². The van der Waals surface area contributed by atoms with Gasteiger partial charge in [0, 0.05) is 0 Å². The van der Waals surface area contributed by atoms with Crippen LogP contribution in [0.1, 0.15) is 25.8 Å². The lowest BCUT2D eigenvalue weighted by Crippen LogP contribution is -1.90. The zero-order valence-corrected chi connectivity index (χ0v) is 9.40. The molecule has 0 bridgehead atoms. The Kier molecular flexibility index (Phi) is 3.05. The van der Waals surface area contributed by atoms with Crippen molar-refractivity contribution in [2.75, 3.05) is 0 Å². The highest BCUT2D eigenvalue weighted by molar-refractivity contribution is 5.86. The van der Waals surface area contributed by atoms with Gasteiger partial charge in [-0.2, -0.15) is 0 Å². The predicted octanol–water partition coefficient (Wildman–Crippen LogP) is 4.44. The van der Waals surface area contributed by atoms with E-state index in [1.165, 1.54) is 16.3 Å². The second-order valence-corrected chi connectivity index (χ2v) is 4.40. The quantitative estimate of drug-likeness (QED) is 0.682. The van der Waals surface area contributed by atoms with Crippen LogP contribution in [-0.4, -0.2) is 0 Å². The first-order valence-corrected chi connectivity index (χ1v) is 5.58. The molecule has 0 spiro atoms. The van der Waals surface area contributed by atoms with Gasteiger partial charge in [-0.3, -0.25) is 0 Å². The summed E-state index contributed by atoms with van der Waals surface area (Å²) in [4.78, 5) is 0. The van der Waals surface area contributed by atoms with E-state index in [0.717, 1.165) is 12.3 Å². The topological polar surface area (TPSA) is 0 Å². The summed E-state index contributed by atoms with van der Waals surface area (Å²) in [6.45, 7) is 4.50. The lowest BCUT2D eigenvalue weighted by molar-refractivity contribution is 0.645. The van der Waals surface area contributed by atoms with Crippen LogP contribution in [0.4, 0.5) is 0 Å². The van der Waals surface area contributed by atoms with Crippen LogP contribution in [0.2, 0.25) is 0 Å². The van der Waals surface area contributed by atoms with E-state index in [0.29, 0.717) is 0 Å². The van der Waals surface area contributed by atoms with Crippen LogP contribution < -0.4 is 0 Å². The molecule has 15 heavy (non-hydrogen) atoms. The second kappa shape index (κ2) is 4.48. The number of rotatable bonds is 3. The Morgan fingerprint density at radius 3 is 2.53 bits per heavy atom. The van der Waals surface area contributed by atoms with E-state index >= 15 is 0 Å². The summed E-state index contributed by atoms with van der Waals surface area (Å²) in [5, 5.41) is 2.69. The van der Waals surface area contributed by atoms with Crippen LogP contribution in [0.5, 0.6) is 0 Å². The summed E-state index contributed by atoms with van der Waals surface area (Å²) in [6, 6.07) is 15.1. The minimum atomic E-state index is 0.726. The predicted molar refractivity (Wildman–Crippen MR) is 66.8 cm³/mol. The van der Waals surface area contributed by atoms with Gasteiger partial charge in [-0.15, -0.1) is 0 Å². The molecule has 2 rings (SSSR count). The molecule has 77 valence electrons. The largest absolute Gasteiger partial charge is 0.0628 e. The fraction of sp³-hybridized carbons (Fsp3) is 0.267. The van der Waals surface area contributed by atoms with Crippen molar-refractivity contribution in [3.05, 3.63) is 54.4 Å². The summed E-state index contributed by atoms with van der Waals surface area (Å²) >= 11 is 0. The molecule has 0 fully saturated rings. The van der Waals surface area contributed by atoms with E-state index in [2.05, 4.69) is 62.7 Å². The van der Waals surface area contributed by atoms with Gasteiger partial charge < -0.3 is 0 Å². The summed E-state index contributed by atoms with van der Waals surface area (Å²) in [5.74, 6) is 0.726. The summed E-state index contributed by atoms with van der Waals surface area (Å²) < 4.78 is 0. The average Bonchev–Trinajstić information content (AvgIpc) is 2.26. The summed E-state index contributed by atoms with van der Waals surface area (Å²) in [6.07, 6.45) is 3.49. The van der Waals surface area contributed by atoms with E-state index in [4.69, 9.17) is 0 Å². The lowest BCUT2D eigenvalue weighted by Gasteiger charge is -2.07. The van der Waals surface area contributed by atoms with Crippen molar-refractivity contribution in [3.63, 3.8) is 0 Å². The Labute approximate surface area is 91.9 Å². The number of benzene rings is 2. The number of fused-ring (bicyclic) bond motifs is 1. The molecule has 0 heteroatoms. The Morgan fingerprint density at radius 1 is 1.00 bits per heavy atom. The first-order chi connectivity index (χ1) is 7.27. The van der Waals surface area contributed by atoms with E-state index in [9.17, 15) is 0 Å². The van der Waals surface area contributed by atoms with Crippen LogP contribution in [0, 0.1) is 12.3 Å². The molecule has 0 nitrogen and oxygen atoms in total. The van der Waals surface area contributed by atoms with Gasteiger partial charge in [0.25, 0.3) is 0 Å². The molecule has 0 saturated carbocycles.